The molecule has 8 atom stereocenters. The van der Waals surface area contributed by atoms with E-state index in [1.54, 1.807) is 13.3 Å². The van der Waals surface area contributed by atoms with Gasteiger partial charge in [-0.15, -0.1) is 0 Å². The minimum Gasteiger partial charge on any atom is -0.387 e. The minimum atomic E-state index is -0.622. The van der Waals surface area contributed by atoms with Crippen LogP contribution in [0.3, 0.4) is 0 Å². The van der Waals surface area contributed by atoms with E-state index in [4.69, 9.17) is 4.74 Å². The lowest BCUT2D eigenvalue weighted by Crippen LogP contribution is -2.52. The number of Topliss-reactive ketones (excluding diaryl/α,β-unsaturated/α-hetero) is 1. The summed E-state index contributed by atoms with van der Waals surface area (Å²) < 4.78 is 7.19. The predicted molar refractivity (Wildman–Crippen MR) is 130 cm³/mol. The highest BCUT2D eigenvalue weighted by atomic mass is 16.5. The maximum atomic E-state index is 13.6. The summed E-state index contributed by atoms with van der Waals surface area (Å²) in [5.41, 5.74) is 0.448. The zero-order valence-electron chi connectivity index (χ0n) is 20.7. The third kappa shape index (κ3) is 3.55. The molecule has 184 valence electrons. The monoisotopic (exact) mass is 465 g/mol. The molecule has 2 aromatic rings. The van der Waals surface area contributed by atoms with Crippen LogP contribution in [0.25, 0.3) is 10.9 Å². The molecule has 1 N–H and O–H groups in total. The number of carbonyl (C=O) groups is 1. The average Bonchev–Trinajstić information content (AvgIpc) is 3.39. The van der Waals surface area contributed by atoms with Gasteiger partial charge < -0.3 is 9.84 Å². The van der Waals surface area contributed by atoms with Crippen LogP contribution in [-0.2, 0) is 16.1 Å². The molecule has 4 fully saturated rings. The molecule has 0 spiro atoms. The smallest absolute Gasteiger partial charge is 0.157 e. The van der Waals surface area contributed by atoms with Gasteiger partial charge in [0.25, 0.3) is 0 Å². The summed E-state index contributed by atoms with van der Waals surface area (Å²) in [5.74, 6) is 4.08. The van der Waals surface area contributed by atoms with E-state index in [1.807, 2.05) is 23.1 Å². The van der Waals surface area contributed by atoms with Gasteiger partial charge in [-0.25, -0.2) is 0 Å². The van der Waals surface area contributed by atoms with Gasteiger partial charge in [0.15, 0.2) is 5.78 Å². The minimum absolute atomic E-state index is 0.123. The molecule has 0 amide bonds. The first-order chi connectivity index (χ1) is 16.4. The van der Waals surface area contributed by atoms with Crippen molar-refractivity contribution in [3.8, 4) is 0 Å². The number of ketones is 1. The van der Waals surface area contributed by atoms with E-state index in [2.05, 4.69) is 17.0 Å². The fourth-order valence-corrected chi connectivity index (χ4v) is 9.19. The maximum Gasteiger partial charge on any atom is 0.157 e. The van der Waals surface area contributed by atoms with Crippen molar-refractivity contribution < 1.29 is 14.6 Å². The number of pyridine rings is 1. The van der Waals surface area contributed by atoms with Gasteiger partial charge in [0.05, 0.1) is 30.1 Å². The van der Waals surface area contributed by atoms with E-state index >= 15 is 0 Å². The molecule has 34 heavy (non-hydrogen) atoms. The fourth-order valence-electron chi connectivity index (χ4n) is 9.19. The second-order valence-corrected chi connectivity index (χ2v) is 12.2. The van der Waals surface area contributed by atoms with Gasteiger partial charge in [0.1, 0.15) is 6.54 Å². The van der Waals surface area contributed by atoms with Crippen LogP contribution in [0.1, 0.15) is 64.7 Å². The quantitative estimate of drug-likeness (QED) is 0.696. The van der Waals surface area contributed by atoms with Crippen molar-refractivity contribution in [3.05, 3.63) is 24.7 Å². The van der Waals surface area contributed by atoms with Crippen LogP contribution in [0.2, 0.25) is 0 Å². The van der Waals surface area contributed by atoms with Crippen LogP contribution in [0, 0.1) is 40.9 Å². The second-order valence-electron chi connectivity index (χ2n) is 12.2. The highest BCUT2D eigenvalue weighted by Crippen LogP contribution is 2.64. The van der Waals surface area contributed by atoms with Crippen LogP contribution in [0.5, 0.6) is 0 Å². The van der Waals surface area contributed by atoms with Gasteiger partial charge in [-0.2, -0.15) is 5.10 Å². The third-order valence-corrected chi connectivity index (χ3v) is 10.7. The first-order valence-electron chi connectivity index (χ1n) is 13.4. The SMILES string of the molecule is COC[C@@]1(O)CCC2[C@H](CC[C@@H]3[C@@H]2CC[C@]2(C)[C@@H](C(=O)Cn4ncc5ccncc54)CC[C@@H]32)C1. The normalized spacial score (nSPS) is 41.6. The molecule has 6 rings (SSSR count). The van der Waals surface area contributed by atoms with E-state index in [1.165, 1.54) is 32.1 Å². The lowest BCUT2D eigenvalue weighted by atomic mass is 9.49. The van der Waals surface area contributed by atoms with Gasteiger partial charge in [-0.1, -0.05) is 6.92 Å². The molecule has 0 bridgehead atoms. The lowest BCUT2D eigenvalue weighted by Gasteiger charge is -2.57. The second kappa shape index (κ2) is 8.41. The number of rotatable bonds is 5. The zero-order chi connectivity index (χ0) is 23.5. The van der Waals surface area contributed by atoms with Gasteiger partial charge in [-0.05, 0) is 98.9 Å². The Morgan fingerprint density at radius 3 is 2.82 bits per heavy atom. The van der Waals surface area contributed by atoms with Crippen molar-refractivity contribution in [2.45, 2.75) is 76.9 Å². The summed E-state index contributed by atoms with van der Waals surface area (Å²) >= 11 is 0. The number of nitrogens with zero attached hydrogens (tertiary/aromatic N) is 3. The third-order valence-electron chi connectivity index (χ3n) is 10.7. The Kier molecular flexibility index (Phi) is 5.60. The summed E-state index contributed by atoms with van der Waals surface area (Å²) in [6.45, 7) is 3.26. The number of carbonyl (C=O) groups excluding carboxylic acids is 1. The number of fused-ring (bicyclic) bond motifs is 6. The van der Waals surface area contributed by atoms with Crippen molar-refractivity contribution in [2.75, 3.05) is 13.7 Å². The number of methoxy groups -OCH3 is 1. The molecule has 0 aromatic carbocycles. The molecular formula is C28H39N3O3. The van der Waals surface area contributed by atoms with Gasteiger partial charge in [0, 0.05) is 24.6 Å². The van der Waals surface area contributed by atoms with Crippen LogP contribution >= 0.6 is 0 Å². The Balaban J connectivity index is 1.17. The molecule has 0 saturated heterocycles. The molecule has 6 nitrogen and oxygen atoms in total. The first kappa shape index (κ1) is 22.7. The van der Waals surface area contributed by atoms with Crippen molar-refractivity contribution in [3.63, 3.8) is 0 Å². The number of hydrogen-bond acceptors (Lipinski definition) is 5. The molecule has 0 radical (unpaired) electrons. The highest BCUT2D eigenvalue weighted by molar-refractivity contribution is 5.84. The van der Waals surface area contributed by atoms with Gasteiger partial charge in [-0.3, -0.25) is 14.5 Å². The van der Waals surface area contributed by atoms with E-state index in [0.29, 0.717) is 30.8 Å². The summed E-state index contributed by atoms with van der Waals surface area (Å²) in [4.78, 5) is 17.8. The Hall–Kier alpha value is -1.79. The van der Waals surface area contributed by atoms with Crippen molar-refractivity contribution in [1.82, 2.24) is 14.8 Å². The Bertz CT molecular complexity index is 1070. The van der Waals surface area contributed by atoms with Crippen molar-refractivity contribution in [1.29, 1.82) is 0 Å². The van der Waals surface area contributed by atoms with Crippen LogP contribution < -0.4 is 0 Å². The molecule has 1 unspecified atom stereocenters. The number of aromatic nitrogens is 3. The average molecular weight is 466 g/mol. The highest BCUT2D eigenvalue weighted by Gasteiger charge is 2.59. The maximum absolute atomic E-state index is 13.6. The fraction of sp³-hybridized carbons (Fsp3) is 0.750. The molecule has 0 aliphatic heterocycles. The largest absolute Gasteiger partial charge is 0.387 e. The van der Waals surface area contributed by atoms with Crippen LogP contribution in [0.15, 0.2) is 24.7 Å². The topological polar surface area (TPSA) is 77.2 Å². The van der Waals surface area contributed by atoms with Crippen molar-refractivity contribution in [2.24, 2.45) is 40.9 Å². The molecule has 2 aromatic heterocycles. The predicted octanol–water partition coefficient (Wildman–Crippen LogP) is 4.65. The molecule has 4 aliphatic carbocycles. The summed E-state index contributed by atoms with van der Waals surface area (Å²) in [6.07, 6.45) is 15.5. The Labute approximate surface area is 202 Å². The molecule has 4 saturated carbocycles. The zero-order valence-corrected chi connectivity index (χ0v) is 20.7. The van der Waals surface area contributed by atoms with E-state index in [9.17, 15) is 9.90 Å². The van der Waals surface area contributed by atoms with E-state index in [0.717, 1.165) is 54.3 Å². The molecular weight excluding hydrogens is 426 g/mol. The summed E-state index contributed by atoms with van der Waals surface area (Å²) in [6, 6.07) is 1.95. The number of ether oxygens (including phenoxy) is 1. The van der Waals surface area contributed by atoms with Gasteiger partial charge >= 0.3 is 0 Å². The van der Waals surface area contributed by atoms with Crippen LogP contribution in [-0.4, -0.2) is 45.0 Å². The number of aliphatic hydroxyl groups is 1. The van der Waals surface area contributed by atoms with E-state index in [-0.39, 0.29) is 11.3 Å². The Morgan fingerprint density at radius 1 is 1.12 bits per heavy atom. The summed E-state index contributed by atoms with van der Waals surface area (Å²) in [7, 11) is 1.70. The summed E-state index contributed by atoms with van der Waals surface area (Å²) in [5, 5.41) is 16.5. The van der Waals surface area contributed by atoms with E-state index < -0.39 is 5.60 Å². The van der Waals surface area contributed by atoms with Crippen molar-refractivity contribution >= 4 is 16.7 Å². The molecule has 6 heteroatoms. The lowest BCUT2D eigenvalue weighted by molar-refractivity contribution is -0.136. The molecule has 2 heterocycles. The Morgan fingerprint density at radius 2 is 1.97 bits per heavy atom. The molecule has 4 aliphatic rings. The van der Waals surface area contributed by atoms with Gasteiger partial charge in [0.2, 0.25) is 0 Å². The first-order valence-corrected chi connectivity index (χ1v) is 13.4. The standard InChI is InChI=1S/C28H39N3O3/c1-27-10-7-21-20-8-11-28(33,17-34-2)13-18(20)3-4-22(21)23(27)5-6-24(27)26(32)16-31-25-15-29-12-9-19(25)14-30-31/h9,12,14-15,18,20-24,33H,3-8,10-11,13,16-17H2,1-2H3/t18-,20?,21-,22-,23+,24-,27+,28-/m1/s1. The van der Waals surface area contributed by atoms with Crippen LogP contribution in [0.4, 0.5) is 0 Å². The number of hydrogen-bond donors (Lipinski definition) is 1.